The molecule has 5 rings (SSSR count). The highest BCUT2D eigenvalue weighted by atomic mass is 16.5. The molecule has 0 saturated carbocycles. The number of rotatable bonds is 9. The van der Waals surface area contributed by atoms with Gasteiger partial charge in [0.1, 0.15) is 5.75 Å². The molecule has 3 aliphatic rings. The van der Waals surface area contributed by atoms with Gasteiger partial charge in [-0.2, -0.15) is 0 Å². The Morgan fingerprint density at radius 1 is 1.00 bits per heavy atom. The van der Waals surface area contributed by atoms with Crippen molar-refractivity contribution in [3.8, 4) is 5.75 Å². The summed E-state index contributed by atoms with van der Waals surface area (Å²) in [6, 6.07) is 13.4. The number of benzene rings is 2. The van der Waals surface area contributed by atoms with Gasteiger partial charge in [-0.25, -0.2) is 0 Å². The molecular weight excluding hydrogens is 486 g/mol. The summed E-state index contributed by atoms with van der Waals surface area (Å²) in [4.78, 5) is 28.6. The molecule has 206 valence electrons. The van der Waals surface area contributed by atoms with E-state index in [2.05, 4.69) is 19.9 Å². The molecule has 2 amide bonds. The molecule has 2 aliphatic heterocycles. The zero-order valence-corrected chi connectivity index (χ0v) is 23.7. The number of ether oxygens (including phenoxy) is 1. The van der Waals surface area contributed by atoms with Gasteiger partial charge in [0.25, 0.3) is 0 Å². The molecule has 2 saturated heterocycles. The normalized spacial score (nSPS) is 24.9. The van der Waals surface area contributed by atoms with Crippen molar-refractivity contribution in [1.29, 1.82) is 0 Å². The molecule has 0 aromatic heterocycles. The van der Waals surface area contributed by atoms with Crippen LogP contribution in [0.5, 0.6) is 5.75 Å². The average molecular weight is 528 g/mol. The fraction of sp³-hybridized carbons (Fsp3) is 0.471. The van der Waals surface area contributed by atoms with E-state index in [1.54, 1.807) is 0 Å². The molecule has 2 heterocycles. The summed E-state index contributed by atoms with van der Waals surface area (Å²) in [6.45, 7) is 8.78. The van der Waals surface area contributed by atoms with Crippen molar-refractivity contribution in [1.82, 2.24) is 0 Å². The molecule has 4 atom stereocenters. The van der Waals surface area contributed by atoms with E-state index in [1.807, 2.05) is 56.3 Å². The maximum absolute atomic E-state index is 13.7. The Morgan fingerprint density at radius 2 is 1.72 bits per heavy atom. The lowest BCUT2D eigenvalue weighted by atomic mass is 9.68. The fourth-order valence-electron chi connectivity index (χ4n) is 7.06. The lowest BCUT2D eigenvalue weighted by Gasteiger charge is -2.32. The van der Waals surface area contributed by atoms with Crippen molar-refractivity contribution >= 4 is 23.6 Å². The van der Waals surface area contributed by atoms with Crippen molar-refractivity contribution in [2.45, 2.75) is 78.7 Å². The van der Waals surface area contributed by atoms with Crippen LogP contribution in [0.25, 0.3) is 6.08 Å². The quantitative estimate of drug-likeness (QED) is 0.275. The van der Waals surface area contributed by atoms with Crippen LogP contribution in [0.2, 0.25) is 0 Å². The van der Waals surface area contributed by atoms with Crippen LogP contribution >= 0.6 is 0 Å². The van der Waals surface area contributed by atoms with Crippen molar-refractivity contribution < 1.29 is 19.4 Å². The Bertz CT molecular complexity index is 1280. The van der Waals surface area contributed by atoms with Gasteiger partial charge in [-0.1, -0.05) is 62.1 Å². The second-order valence-corrected chi connectivity index (χ2v) is 11.5. The highest BCUT2D eigenvalue weighted by molar-refractivity contribution is 6.22. The van der Waals surface area contributed by atoms with Gasteiger partial charge in [0.15, 0.2) is 0 Å². The van der Waals surface area contributed by atoms with Crippen LogP contribution in [0.3, 0.4) is 0 Å². The Labute approximate surface area is 232 Å². The topological polar surface area (TPSA) is 66.8 Å². The summed E-state index contributed by atoms with van der Waals surface area (Å²) < 4.78 is 6.44. The number of para-hydroxylation sites is 1. The van der Waals surface area contributed by atoms with Gasteiger partial charge < -0.3 is 9.84 Å². The Hall–Kier alpha value is -3.18. The minimum Gasteiger partial charge on any atom is -0.507 e. The Kier molecular flexibility index (Phi) is 8.08. The van der Waals surface area contributed by atoms with E-state index in [4.69, 9.17) is 4.74 Å². The van der Waals surface area contributed by atoms with E-state index < -0.39 is 0 Å². The predicted octanol–water partition coefficient (Wildman–Crippen LogP) is 7.29. The molecule has 0 unspecified atom stereocenters. The first kappa shape index (κ1) is 27.4. The molecule has 0 bridgehead atoms. The number of phenols is 1. The number of amides is 2. The second-order valence-electron chi connectivity index (χ2n) is 11.5. The molecule has 2 aromatic carbocycles. The number of nitrogens with zero attached hydrogens (tertiary/aromatic N) is 1. The monoisotopic (exact) mass is 527 g/mol. The van der Waals surface area contributed by atoms with Crippen LogP contribution in [0.1, 0.15) is 75.5 Å². The number of anilines is 1. The summed E-state index contributed by atoms with van der Waals surface area (Å²) in [6.07, 6.45) is 8.77. The third-order valence-corrected chi connectivity index (χ3v) is 8.76. The first-order chi connectivity index (χ1) is 18.8. The zero-order chi connectivity index (χ0) is 27.7. The first-order valence-corrected chi connectivity index (χ1v) is 14.6. The molecular formula is C34H41NO4. The number of allylic oxidation sites excluding steroid dienone is 2. The zero-order valence-electron chi connectivity index (χ0n) is 23.7. The predicted molar refractivity (Wildman–Crippen MR) is 155 cm³/mol. The summed E-state index contributed by atoms with van der Waals surface area (Å²) in [5.74, 6) is -0.380. The van der Waals surface area contributed by atoms with E-state index >= 15 is 0 Å². The van der Waals surface area contributed by atoms with Crippen molar-refractivity contribution in [3.05, 3.63) is 75.9 Å². The molecule has 0 spiro atoms. The lowest BCUT2D eigenvalue weighted by Crippen LogP contribution is -2.34. The fourth-order valence-corrected chi connectivity index (χ4v) is 7.06. The minimum atomic E-state index is -0.327. The van der Waals surface area contributed by atoms with E-state index in [9.17, 15) is 14.7 Å². The highest BCUT2D eigenvalue weighted by Crippen LogP contribution is 2.51. The van der Waals surface area contributed by atoms with Crippen LogP contribution in [-0.4, -0.2) is 29.6 Å². The maximum Gasteiger partial charge on any atom is 0.238 e. The number of phenolic OH excluding ortho intramolecular Hbond substituents is 1. The number of imide groups is 1. The van der Waals surface area contributed by atoms with Crippen molar-refractivity contribution in [3.63, 3.8) is 0 Å². The van der Waals surface area contributed by atoms with Crippen molar-refractivity contribution in [2.75, 3.05) is 11.5 Å². The number of carbonyl (C=O) groups excluding carboxylic acids is 2. The molecule has 5 nitrogen and oxygen atoms in total. The SMILES string of the molecule is CCCC1=C2[C@@H](CC/C(=C/c3cc(C)c(O)c(C)c3)CCC)OC[C@@H]2[C@@H]2C(=O)N(c3ccccc3)C(=O)[C@@H]2C1. The number of hydrogen-bond acceptors (Lipinski definition) is 4. The Morgan fingerprint density at radius 3 is 2.38 bits per heavy atom. The van der Waals surface area contributed by atoms with Crippen molar-refractivity contribution in [2.24, 2.45) is 17.8 Å². The molecule has 5 heteroatoms. The molecule has 1 aliphatic carbocycles. The Balaban J connectivity index is 1.39. The van der Waals surface area contributed by atoms with Gasteiger partial charge in [-0.05, 0) is 92.5 Å². The number of aromatic hydroxyl groups is 1. The number of hydrogen-bond donors (Lipinski definition) is 1. The number of carbonyl (C=O) groups is 2. The van der Waals surface area contributed by atoms with Gasteiger partial charge >= 0.3 is 0 Å². The summed E-state index contributed by atoms with van der Waals surface area (Å²) in [5.41, 5.74) is 7.61. The van der Waals surface area contributed by atoms with Crippen LogP contribution in [-0.2, 0) is 14.3 Å². The van der Waals surface area contributed by atoms with E-state index in [0.29, 0.717) is 24.5 Å². The molecule has 2 aromatic rings. The summed E-state index contributed by atoms with van der Waals surface area (Å²) in [7, 11) is 0. The lowest BCUT2D eigenvalue weighted by molar-refractivity contribution is -0.122. The second kappa shape index (κ2) is 11.5. The van der Waals surface area contributed by atoms with Crippen LogP contribution in [0.15, 0.2) is 59.2 Å². The van der Waals surface area contributed by atoms with Crippen LogP contribution < -0.4 is 4.90 Å². The minimum absolute atomic E-state index is 0.00489. The van der Waals surface area contributed by atoms with Gasteiger partial charge in [0.2, 0.25) is 11.8 Å². The number of fused-ring (bicyclic) bond motifs is 3. The maximum atomic E-state index is 13.7. The van der Waals surface area contributed by atoms with Gasteiger partial charge in [-0.3, -0.25) is 14.5 Å². The van der Waals surface area contributed by atoms with E-state index in [-0.39, 0.29) is 35.7 Å². The molecule has 2 fully saturated rings. The largest absolute Gasteiger partial charge is 0.507 e. The summed E-state index contributed by atoms with van der Waals surface area (Å²) >= 11 is 0. The van der Waals surface area contributed by atoms with E-state index in [1.165, 1.54) is 21.6 Å². The smallest absolute Gasteiger partial charge is 0.238 e. The third-order valence-electron chi connectivity index (χ3n) is 8.76. The number of aryl methyl sites for hydroxylation is 2. The van der Waals surface area contributed by atoms with Crippen LogP contribution in [0, 0.1) is 31.6 Å². The van der Waals surface area contributed by atoms with Gasteiger partial charge in [0.05, 0.1) is 30.2 Å². The summed E-state index contributed by atoms with van der Waals surface area (Å²) in [5, 5.41) is 10.2. The van der Waals surface area contributed by atoms with Gasteiger partial charge in [-0.15, -0.1) is 0 Å². The highest BCUT2D eigenvalue weighted by Gasteiger charge is 2.57. The van der Waals surface area contributed by atoms with Crippen LogP contribution in [0.4, 0.5) is 5.69 Å². The van der Waals surface area contributed by atoms with E-state index in [0.717, 1.165) is 55.2 Å². The molecule has 1 N–H and O–H groups in total. The molecule has 0 radical (unpaired) electrons. The molecule has 39 heavy (non-hydrogen) atoms. The standard InChI is InChI=1S/C34H41NO4/c1-5-10-23(18-24-16-21(3)32(36)22(4)17-24)14-15-29-30-25(11-6-2)19-27-31(28(30)20-39-29)34(38)35(33(27)37)26-12-8-7-9-13-26/h7-9,12-13,16-18,27-29,31,36H,5-6,10-11,14-15,19-20H2,1-4H3/b23-18+/t27-,28+,29-,31-/m1/s1. The third kappa shape index (κ3) is 5.21. The first-order valence-electron chi connectivity index (χ1n) is 14.6. The van der Waals surface area contributed by atoms with Gasteiger partial charge in [0, 0.05) is 5.92 Å². The average Bonchev–Trinajstić information content (AvgIpc) is 3.45.